The number of nitrogens with zero attached hydrogens (tertiary/aromatic N) is 1. The second kappa shape index (κ2) is 5.48. The number of aryl methyl sites for hydroxylation is 1. The molecule has 0 radical (unpaired) electrons. The lowest BCUT2D eigenvalue weighted by molar-refractivity contribution is 0.0692. The normalized spacial score (nSPS) is 10.2. The highest BCUT2D eigenvalue weighted by Crippen LogP contribution is 2.16. The zero-order chi connectivity index (χ0) is 13.8. The van der Waals surface area contributed by atoms with E-state index in [2.05, 4.69) is 10.3 Å². The lowest BCUT2D eigenvalue weighted by Crippen LogP contribution is -2.08. The number of pyridine rings is 1. The van der Waals surface area contributed by atoms with E-state index in [0.29, 0.717) is 6.54 Å². The molecule has 2 rings (SSSR count). The van der Waals surface area contributed by atoms with E-state index in [1.165, 1.54) is 6.20 Å². The largest absolute Gasteiger partial charge is 0.478 e. The molecule has 5 heteroatoms. The van der Waals surface area contributed by atoms with E-state index in [1.54, 1.807) is 0 Å². The highest BCUT2D eigenvalue weighted by atomic mass is 19.1. The molecule has 4 nitrogen and oxygen atoms in total. The molecule has 0 saturated heterocycles. The molecule has 0 unspecified atom stereocenters. The molecular formula is C14H13FN2O2. The summed E-state index contributed by atoms with van der Waals surface area (Å²) < 4.78 is 13.8. The van der Waals surface area contributed by atoms with Crippen LogP contribution in [-0.2, 0) is 6.54 Å². The molecule has 0 bridgehead atoms. The molecule has 2 aromatic rings. The van der Waals surface area contributed by atoms with Gasteiger partial charge in [0.25, 0.3) is 0 Å². The third-order valence-electron chi connectivity index (χ3n) is 2.70. The summed E-state index contributed by atoms with van der Waals surface area (Å²) >= 11 is 0. The fraction of sp³-hybridized carbons (Fsp3) is 0.143. The summed E-state index contributed by atoms with van der Waals surface area (Å²) in [7, 11) is 0. The van der Waals surface area contributed by atoms with Gasteiger partial charge in [0.1, 0.15) is 5.56 Å². The Bertz CT molecular complexity index is 597. The van der Waals surface area contributed by atoms with Gasteiger partial charge in [-0.2, -0.15) is 0 Å². The van der Waals surface area contributed by atoms with Gasteiger partial charge in [0.15, 0.2) is 11.6 Å². The van der Waals surface area contributed by atoms with Crippen molar-refractivity contribution in [3.05, 3.63) is 59.0 Å². The van der Waals surface area contributed by atoms with Crippen molar-refractivity contribution in [2.24, 2.45) is 0 Å². The van der Waals surface area contributed by atoms with Gasteiger partial charge in [-0.1, -0.05) is 29.8 Å². The highest BCUT2D eigenvalue weighted by Gasteiger charge is 2.14. The minimum absolute atomic E-state index is 0.0551. The van der Waals surface area contributed by atoms with Crippen LogP contribution in [0.25, 0.3) is 0 Å². The molecule has 1 aromatic heterocycles. The first-order valence-corrected chi connectivity index (χ1v) is 5.75. The number of nitrogens with one attached hydrogen (secondary N) is 1. The summed E-state index contributed by atoms with van der Waals surface area (Å²) in [4.78, 5) is 14.6. The number of halogens is 1. The summed E-state index contributed by atoms with van der Waals surface area (Å²) in [5, 5.41) is 11.6. The van der Waals surface area contributed by atoms with Crippen LogP contribution < -0.4 is 5.32 Å². The fourth-order valence-corrected chi connectivity index (χ4v) is 1.62. The van der Waals surface area contributed by atoms with Gasteiger partial charge in [-0.3, -0.25) is 0 Å². The molecule has 0 atom stereocenters. The first-order chi connectivity index (χ1) is 9.08. The third-order valence-corrected chi connectivity index (χ3v) is 2.70. The summed E-state index contributed by atoms with van der Waals surface area (Å²) in [6.45, 7) is 2.36. The number of carboxylic acids is 1. The molecule has 19 heavy (non-hydrogen) atoms. The maximum Gasteiger partial charge on any atom is 0.338 e. The van der Waals surface area contributed by atoms with Crippen molar-refractivity contribution >= 4 is 11.8 Å². The molecule has 0 aliphatic heterocycles. The van der Waals surface area contributed by atoms with Gasteiger partial charge in [-0.15, -0.1) is 0 Å². The summed E-state index contributed by atoms with van der Waals surface area (Å²) in [5.41, 5.74) is 1.72. The number of hydrogen-bond donors (Lipinski definition) is 2. The van der Waals surface area contributed by atoms with Crippen molar-refractivity contribution in [2.75, 3.05) is 5.32 Å². The van der Waals surface area contributed by atoms with Gasteiger partial charge in [0.2, 0.25) is 0 Å². The van der Waals surface area contributed by atoms with Crippen molar-refractivity contribution in [3.8, 4) is 0 Å². The van der Waals surface area contributed by atoms with Crippen molar-refractivity contribution in [3.63, 3.8) is 0 Å². The molecule has 0 saturated carbocycles. The molecule has 0 aliphatic rings. The van der Waals surface area contributed by atoms with Crippen molar-refractivity contribution in [1.29, 1.82) is 0 Å². The van der Waals surface area contributed by atoms with E-state index in [1.807, 2.05) is 31.2 Å². The van der Waals surface area contributed by atoms with Crippen LogP contribution in [0.5, 0.6) is 0 Å². The summed E-state index contributed by atoms with van der Waals surface area (Å²) in [6.07, 6.45) is 1.27. The van der Waals surface area contributed by atoms with Crippen LogP contribution in [0.2, 0.25) is 0 Å². The van der Waals surface area contributed by atoms with Crippen molar-refractivity contribution in [1.82, 2.24) is 4.98 Å². The average Bonchev–Trinajstić information content (AvgIpc) is 2.39. The second-order valence-electron chi connectivity index (χ2n) is 4.17. The number of carbonyl (C=O) groups is 1. The molecule has 2 N–H and O–H groups in total. The first kappa shape index (κ1) is 13.0. The minimum atomic E-state index is -1.31. The lowest BCUT2D eigenvalue weighted by Gasteiger charge is -2.08. The third kappa shape index (κ3) is 3.07. The van der Waals surface area contributed by atoms with Crippen LogP contribution >= 0.6 is 0 Å². The number of carboxylic acid groups (broad SMARTS) is 1. The van der Waals surface area contributed by atoms with Crippen LogP contribution in [0, 0.1) is 12.7 Å². The van der Waals surface area contributed by atoms with Gasteiger partial charge in [0, 0.05) is 12.7 Å². The van der Waals surface area contributed by atoms with Crippen LogP contribution in [0.1, 0.15) is 21.5 Å². The fourth-order valence-electron chi connectivity index (χ4n) is 1.62. The number of anilines is 1. The van der Waals surface area contributed by atoms with Crippen molar-refractivity contribution < 1.29 is 14.3 Å². The number of aromatic nitrogens is 1. The number of benzene rings is 1. The number of rotatable bonds is 4. The SMILES string of the molecule is Cc1ccc(CNc2nccc(C(=O)O)c2F)cc1. The van der Waals surface area contributed by atoms with Crippen LogP contribution in [0.15, 0.2) is 36.5 Å². The van der Waals surface area contributed by atoms with Crippen molar-refractivity contribution in [2.45, 2.75) is 13.5 Å². The Morgan fingerprint density at radius 3 is 2.63 bits per heavy atom. The predicted octanol–water partition coefficient (Wildman–Crippen LogP) is 2.84. The van der Waals surface area contributed by atoms with Crippen LogP contribution in [-0.4, -0.2) is 16.1 Å². The Morgan fingerprint density at radius 2 is 2.00 bits per heavy atom. The van der Waals surface area contributed by atoms with E-state index >= 15 is 0 Å². The number of aromatic carboxylic acids is 1. The molecule has 98 valence electrons. The summed E-state index contributed by atoms with van der Waals surface area (Å²) in [6, 6.07) is 8.88. The van der Waals surface area contributed by atoms with Gasteiger partial charge >= 0.3 is 5.97 Å². The average molecular weight is 260 g/mol. The zero-order valence-electron chi connectivity index (χ0n) is 10.4. The van der Waals surface area contributed by atoms with Crippen LogP contribution in [0.3, 0.4) is 0 Å². The quantitative estimate of drug-likeness (QED) is 0.887. The predicted molar refractivity (Wildman–Crippen MR) is 69.7 cm³/mol. The summed E-state index contributed by atoms with van der Waals surface area (Å²) in [5.74, 6) is -2.21. The van der Waals surface area contributed by atoms with E-state index in [4.69, 9.17) is 5.11 Å². The Hall–Kier alpha value is -2.43. The van der Waals surface area contributed by atoms with E-state index in [9.17, 15) is 9.18 Å². The molecular weight excluding hydrogens is 247 g/mol. The molecule has 0 fully saturated rings. The van der Waals surface area contributed by atoms with E-state index < -0.39 is 11.8 Å². The molecule has 0 aliphatic carbocycles. The topological polar surface area (TPSA) is 62.2 Å². The lowest BCUT2D eigenvalue weighted by atomic mass is 10.1. The first-order valence-electron chi connectivity index (χ1n) is 5.75. The maximum atomic E-state index is 13.8. The Balaban J connectivity index is 2.13. The van der Waals surface area contributed by atoms with Gasteiger partial charge in [0.05, 0.1) is 0 Å². The van der Waals surface area contributed by atoms with Crippen LogP contribution in [0.4, 0.5) is 10.2 Å². The molecule has 1 aromatic carbocycles. The maximum absolute atomic E-state index is 13.8. The Kier molecular flexibility index (Phi) is 3.75. The van der Waals surface area contributed by atoms with Gasteiger partial charge < -0.3 is 10.4 Å². The molecule has 0 spiro atoms. The second-order valence-corrected chi connectivity index (χ2v) is 4.17. The molecule has 1 heterocycles. The number of hydrogen-bond acceptors (Lipinski definition) is 3. The van der Waals surface area contributed by atoms with E-state index in [0.717, 1.165) is 17.2 Å². The Labute approximate surface area is 109 Å². The molecule has 0 amide bonds. The Morgan fingerprint density at radius 1 is 1.32 bits per heavy atom. The van der Waals surface area contributed by atoms with Gasteiger partial charge in [-0.25, -0.2) is 14.2 Å². The monoisotopic (exact) mass is 260 g/mol. The van der Waals surface area contributed by atoms with E-state index in [-0.39, 0.29) is 11.4 Å². The highest BCUT2D eigenvalue weighted by molar-refractivity contribution is 5.88. The smallest absolute Gasteiger partial charge is 0.338 e. The zero-order valence-corrected chi connectivity index (χ0v) is 10.4. The standard InChI is InChI=1S/C14H13FN2O2/c1-9-2-4-10(5-3-9)8-17-13-12(15)11(14(18)19)6-7-16-13/h2-7H,8H2,1H3,(H,16,17)(H,18,19). The van der Waals surface area contributed by atoms with Gasteiger partial charge in [-0.05, 0) is 18.6 Å². The minimum Gasteiger partial charge on any atom is -0.478 e.